The molecule has 21 heavy (non-hydrogen) atoms. The van der Waals surface area contributed by atoms with Crippen molar-refractivity contribution in [2.45, 2.75) is 26.3 Å². The maximum Gasteiger partial charge on any atom is 0.243 e. The van der Waals surface area contributed by atoms with Gasteiger partial charge in [-0.25, -0.2) is 4.39 Å². The predicted molar refractivity (Wildman–Crippen MR) is 94.7 cm³/mol. The SMILES string of the molecule is CCC(C)NC(=NC)NCC(=O)Nc1ccc(F)cc1.I. The van der Waals surface area contributed by atoms with E-state index in [4.69, 9.17) is 0 Å². The Kier molecular flexibility index (Phi) is 9.68. The van der Waals surface area contributed by atoms with Crippen molar-refractivity contribution in [3.8, 4) is 0 Å². The van der Waals surface area contributed by atoms with Crippen molar-refractivity contribution in [2.75, 3.05) is 18.9 Å². The Balaban J connectivity index is 0.00000400. The molecule has 3 N–H and O–H groups in total. The molecule has 1 unspecified atom stereocenters. The summed E-state index contributed by atoms with van der Waals surface area (Å²) < 4.78 is 12.7. The highest BCUT2D eigenvalue weighted by Gasteiger charge is 2.06. The molecule has 0 aromatic heterocycles. The standard InChI is InChI=1S/C14H21FN4O.HI/c1-4-10(2)18-14(16-3)17-9-13(20)19-12-7-5-11(15)6-8-12;/h5-8,10H,4,9H2,1-3H3,(H,19,20)(H2,16,17,18);1H. The number of anilines is 1. The maximum absolute atomic E-state index is 12.7. The summed E-state index contributed by atoms with van der Waals surface area (Å²) in [6.07, 6.45) is 0.961. The Morgan fingerprint density at radius 1 is 1.33 bits per heavy atom. The summed E-state index contributed by atoms with van der Waals surface area (Å²) in [5, 5.41) is 8.74. The molecule has 1 aromatic carbocycles. The first kappa shape index (κ1) is 19.6. The molecular weight excluding hydrogens is 386 g/mol. The third-order valence-corrected chi connectivity index (χ3v) is 2.76. The second kappa shape index (κ2) is 10.4. The fourth-order valence-corrected chi connectivity index (χ4v) is 1.43. The number of nitrogens with one attached hydrogen (secondary N) is 3. The van der Waals surface area contributed by atoms with Gasteiger partial charge in [0.15, 0.2) is 5.96 Å². The molecule has 1 amide bonds. The van der Waals surface area contributed by atoms with Crippen LogP contribution in [0.2, 0.25) is 0 Å². The number of hydrogen-bond donors (Lipinski definition) is 3. The van der Waals surface area contributed by atoms with Crippen molar-refractivity contribution < 1.29 is 9.18 Å². The van der Waals surface area contributed by atoms with E-state index >= 15 is 0 Å². The Hall–Kier alpha value is -1.38. The molecule has 0 aliphatic heterocycles. The molecule has 0 saturated heterocycles. The third kappa shape index (κ3) is 7.84. The van der Waals surface area contributed by atoms with Gasteiger partial charge < -0.3 is 16.0 Å². The molecule has 0 spiro atoms. The van der Waals surface area contributed by atoms with Gasteiger partial charge >= 0.3 is 0 Å². The number of nitrogens with zero attached hydrogens (tertiary/aromatic N) is 1. The molecule has 0 aliphatic carbocycles. The van der Waals surface area contributed by atoms with E-state index < -0.39 is 0 Å². The number of rotatable bonds is 5. The summed E-state index contributed by atoms with van der Waals surface area (Å²) in [4.78, 5) is 15.8. The van der Waals surface area contributed by atoms with E-state index in [2.05, 4.69) is 27.9 Å². The summed E-state index contributed by atoms with van der Waals surface area (Å²) in [7, 11) is 1.65. The van der Waals surface area contributed by atoms with Gasteiger partial charge in [0, 0.05) is 18.8 Å². The van der Waals surface area contributed by atoms with Crippen molar-refractivity contribution in [1.29, 1.82) is 0 Å². The number of amides is 1. The number of benzene rings is 1. The van der Waals surface area contributed by atoms with Crippen LogP contribution in [0.15, 0.2) is 29.3 Å². The lowest BCUT2D eigenvalue weighted by molar-refractivity contribution is -0.115. The smallest absolute Gasteiger partial charge is 0.243 e. The van der Waals surface area contributed by atoms with Crippen LogP contribution in [-0.2, 0) is 4.79 Å². The minimum Gasteiger partial charge on any atom is -0.354 e. The number of halogens is 2. The van der Waals surface area contributed by atoms with Gasteiger partial charge in [-0.2, -0.15) is 0 Å². The topological polar surface area (TPSA) is 65.5 Å². The van der Waals surface area contributed by atoms with Crippen LogP contribution in [-0.4, -0.2) is 31.5 Å². The molecular formula is C14H22FIN4O. The van der Waals surface area contributed by atoms with E-state index in [1.165, 1.54) is 24.3 Å². The first-order valence-corrected chi connectivity index (χ1v) is 6.57. The number of carbonyl (C=O) groups is 1. The van der Waals surface area contributed by atoms with Crippen molar-refractivity contribution in [3.05, 3.63) is 30.1 Å². The Morgan fingerprint density at radius 2 is 1.95 bits per heavy atom. The van der Waals surface area contributed by atoms with Gasteiger partial charge in [-0.3, -0.25) is 9.79 Å². The Morgan fingerprint density at radius 3 is 2.48 bits per heavy atom. The van der Waals surface area contributed by atoms with Gasteiger partial charge in [-0.1, -0.05) is 6.92 Å². The zero-order valence-electron chi connectivity index (χ0n) is 12.4. The number of hydrogen-bond acceptors (Lipinski definition) is 2. The molecule has 5 nitrogen and oxygen atoms in total. The predicted octanol–water partition coefficient (Wildman–Crippen LogP) is 2.35. The fourth-order valence-electron chi connectivity index (χ4n) is 1.43. The second-order valence-corrected chi connectivity index (χ2v) is 4.43. The number of aliphatic imine (C=N–C) groups is 1. The van der Waals surface area contributed by atoms with Crippen LogP contribution in [0.3, 0.4) is 0 Å². The van der Waals surface area contributed by atoms with Gasteiger partial charge in [-0.05, 0) is 37.6 Å². The fraction of sp³-hybridized carbons (Fsp3) is 0.429. The van der Waals surface area contributed by atoms with Gasteiger partial charge in [0.1, 0.15) is 5.82 Å². The zero-order valence-corrected chi connectivity index (χ0v) is 14.8. The van der Waals surface area contributed by atoms with Gasteiger partial charge in [0.05, 0.1) is 6.54 Å². The molecule has 1 rings (SSSR count). The average molecular weight is 408 g/mol. The highest BCUT2D eigenvalue weighted by atomic mass is 127. The summed E-state index contributed by atoms with van der Waals surface area (Å²) >= 11 is 0. The largest absolute Gasteiger partial charge is 0.354 e. The van der Waals surface area contributed by atoms with Crippen molar-refractivity contribution in [1.82, 2.24) is 10.6 Å². The summed E-state index contributed by atoms with van der Waals surface area (Å²) in [5.41, 5.74) is 0.558. The first-order valence-electron chi connectivity index (χ1n) is 6.57. The van der Waals surface area contributed by atoms with E-state index in [-0.39, 0.29) is 48.3 Å². The van der Waals surface area contributed by atoms with Crippen LogP contribution in [0.1, 0.15) is 20.3 Å². The monoisotopic (exact) mass is 408 g/mol. The highest BCUT2D eigenvalue weighted by molar-refractivity contribution is 14.0. The molecule has 0 aliphatic rings. The lowest BCUT2D eigenvalue weighted by atomic mass is 10.3. The third-order valence-electron chi connectivity index (χ3n) is 2.76. The second-order valence-electron chi connectivity index (χ2n) is 4.43. The van der Waals surface area contributed by atoms with Crippen LogP contribution in [0.5, 0.6) is 0 Å². The van der Waals surface area contributed by atoms with Gasteiger partial charge in [0.2, 0.25) is 5.91 Å². The number of carbonyl (C=O) groups excluding carboxylic acids is 1. The molecule has 0 heterocycles. The first-order chi connectivity index (χ1) is 9.55. The maximum atomic E-state index is 12.7. The van der Waals surface area contributed by atoms with Crippen molar-refractivity contribution in [3.63, 3.8) is 0 Å². The molecule has 118 valence electrons. The van der Waals surface area contributed by atoms with E-state index in [1.807, 2.05) is 6.92 Å². The minimum atomic E-state index is -0.334. The van der Waals surface area contributed by atoms with E-state index in [9.17, 15) is 9.18 Å². The van der Waals surface area contributed by atoms with E-state index in [0.717, 1.165) is 6.42 Å². The summed E-state index contributed by atoms with van der Waals surface area (Å²) in [6.45, 7) is 4.19. The molecule has 0 bridgehead atoms. The molecule has 1 atom stereocenters. The van der Waals surface area contributed by atoms with Gasteiger partial charge in [-0.15, -0.1) is 24.0 Å². The Bertz CT molecular complexity index is 465. The molecule has 7 heteroatoms. The van der Waals surface area contributed by atoms with Crippen LogP contribution < -0.4 is 16.0 Å². The minimum absolute atomic E-state index is 0. The molecule has 0 saturated carbocycles. The van der Waals surface area contributed by atoms with Crippen LogP contribution in [0.4, 0.5) is 10.1 Å². The summed E-state index contributed by atoms with van der Waals surface area (Å²) in [6, 6.07) is 5.90. The van der Waals surface area contributed by atoms with E-state index in [0.29, 0.717) is 11.6 Å². The highest BCUT2D eigenvalue weighted by Crippen LogP contribution is 2.07. The van der Waals surface area contributed by atoms with Gasteiger partial charge in [0.25, 0.3) is 0 Å². The average Bonchev–Trinajstić information content (AvgIpc) is 2.45. The Labute approximate surface area is 141 Å². The van der Waals surface area contributed by atoms with E-state index in [1.54, 1.807) is 7.05 Å². The quantitative estimate of drug-likeness (QED) is 0.398. The summed E-state index contributed by atoms with van der Waals surface area (Å²) in [5.74, 6) is 0.0246. The van der Waals surface area contributed by atoms with Crippen LogP contribution >= 0.6 is 24.0 Å². The lowest BCUT2D eigenvalue weighted by Gasteiger charge is -2.16. The van der Waals surface area contributed by atoms with Crippen molar-refractivity contribution >= 4 is 41.5 Å². The lowest BCUT2D eigenvalue weighted by Crippen LogP contribution is -2.44. The van der Waals surface area contributed by atoms with Crippen LogP contribution in [0, 0.1) is 5.82 Å². The van der Waals surface area contributed by atoms with Crippen LogP contribution in [0.25, 0.3) is 0 Å². The van der Waals surface area contributed by atoms with Crippen molar-refractivity contribution in [2.24, 2.45) is 4.99 Å². The molecule has 0 radical (unpaired) electrons. The number of guanidine groups is 1. The normalized spacial score (nSPS) is 12.1. The molecule has 0 fully saturated rings. The molecule has 1 aromatic rings. The zero-order chi connectivity index (χ0) is 15.0.